The lowest BCUT2D eigenvalue weighted by molar-refractivity contribution is 0.0162. The Hall–Kier alpha value is -2.57. The average molecular weight is 384 g/mol. The van der Waals surface area contributed by atoms with Gasteiger partial charge in [0.25, 0.3) is 5.91 Å². The van der Waals surface area contributed by atoms with Gasteiger partial charge >= 0.3 is 0 Å². The Balaban J connectivity index is 1.79. The third-order valence-electron chi connectivity index (χ3n) is 5.05. The van der Waals surface area contributed by atoms with Crippen LogP contribution in [0, 0.1) is 6.92 Å². The number of benzene rings is 2. The van der Waals surface area contributed by atoms with Crippen LogP contribution in [0.15, 0.2) is 42.5 Å². The number of ether oxygens (including phenoxy) is 3. The van der Waals surface area contributed by atoms with Crippen molar-refractivity contribution in [3.05, 3.63) is 59.2 Å². The Morgan fingerprint density at radius 2 is 1.75 bits per heavy atom. The molecule has 0 radical (unpaired) electrons. The third-order valence-corrected chi connectivity index (χ3v) is 5.05. The van der Waals surface area contributed by atoms with Crippen molar-refractivity contribution in [2.24, 2.45) is 0 Å². The molecule has 150 valence electrons. The summed E-state index contributed by atoms with van der Waals surface area (Å²) in [7, 11) is 3.25. The van der Waals surface area contributed by atoms with Crippen LogP contribution in [0.4, 0.5) is 0 Å². The number of carbonyl (C=O) groups is 1. The topological polar surface area (TPSA) is 60.0 Å². The predicted molar refractivity (Wildman–Crippen MR) is 108 cm³/mol. The number of morpholine rings is 1. The van der Waals surface area contributed by atoms with Gasteiger partial charge in [-0.15, -0.1) is 0 Å². The van der Waals surface area contributed by atoms with Crippen molar-refractivity contribution < 1.29 is 19.0 Å². The summed E-state index contributed by atoms with van der Waals surface area (Å²) < 4.78 is 16.3. The van der Waals surface area contributed by atoms with E-state index in [1.54, 1.807) is 14.2 Å². The van der Waals surface area contributed by atoms with Crippen LogP contribution in [0.1, 0.15) is 27.5 Å². The van der Waals surface area contributed by atoms with Crippen LogP contribution >= 0.6 is 0 Å². The fourth-order valence-electron chi connectivity index (χ4n) is 3.40. The van der Waals surface area contributed by atoms with Crippen molar-refractivity contribution in [2.75, 3.05) is 47.1 Å². The van der Waals surface area contributed by atoms with E-state index in [-0.39, 0.29) is 11.9 Å². The number of nitrogens with zero attached hydrogens (tertiary/aromatic N) is 1. The van der Waals surface area contributed by atoms with Gasteiger partial charge in [0.05, 0.1) is 33.5 Å². The van der Waals surface area contributed by atoms with Crippen LogP contribution < -0.4 is 14.8 Å². The van der Waals surface area contributed by atoms with E-state index in [0.29, 0.717) is 36.8 Å². The van der Waals surface area contributed by atoms with Gasteiger partial charge in [-0.05, 0) is 36.8 Å². The first kappa shape index (κ1) is 20.2. The molecule has 0 saturated carbocycles. The van der Waals surface area contributed by atoms with E-state index < -0.39 is 0 Å². The summed E-state index contributed by atoms with van der Waals surface area (Å²) in [5.74, 6) is 1.30. The van der Waals surface area contributed by atoms with Gasteiger partial charge in [-0.2, -0.15) is 0 Å². The number of carbonyl (C=O) groups excluding carboxylic acids is 1. The van der Waals surface area contributed by atoms with Crippen LogP contribution in [-0.4, -0.2) is 57.9 Å². The first-order valence-corrected chi connectivity index (χ1v) is 9.51. The molecule has 0 aliphatic carbocycles. The second-order valence-corrected chi connectivity index (χ2v) is 6.85. The average Bonchev–Trinajstić information content (AvgIpc) is 2.74. The maximum absolute atomic E-state index is 12.6. The first-order valence-electron chi connectivity index (χ1n) is 9.51. The van der Waals surface area contributed by atoms with Gasteiger partial charge in [-0.3, -0.25) is 9.69 Å². The molecular formula is C22H28N2O4. The molecule has 1 saturated heterocycles. The molecule has 28 heavy (non-hydrogen) atoms. The molecule has 1 N–H and O–H groups in total. The highest BCUT2D eigenvalue weighted by molar-refractivity contribution is 5.94. The maximum atomic E-state index is 12.6. The lowest BCUT2D eigenvalue weighted by Gasteiger charge is -2.35. The Morgan fingerprint density at radius 3 is 2.39 bits per heavy atom. The fraction of sp³-hybridized carbons (Fsp3) is 0.409. The van der Waals surface area contributed by atoms with Gasteiger partial charge in [0.2, 0.25) is 0 Å². The van der Waals surface area contributed by atoms with Crippen LogP contribution in [0.25, 0.3) is 0 Å². The van der Waals surface area contributed by atoms with E-state index in [1.807, 2.05) is 49.4 Å². The number of hydrogen-bond acceptors (Lipinski definition) is 5. The Bertz CT molecular complexity index is 786. The SMILES string of the molecule is COc1ccc(C(CNC(=O)c2ccc(C)cc2)N2CCOCC2)cc1OC. The summed E-state index contributed by atoms with van der Waals surface area (Å²) in [6.07, 6.45) is 0. The Kier molecular flexibility index (Phi) is 6.90. The highest BCUT2D eigenvalue weighted by atomic mass is 16.5. The van der Waals surface area contributed by atoms with E-state index in [0.717, 1.165) is 24.2 Å². The second-order valence-electron chi connectivity index (χ2n) is 6.85. The van der Waals surface area contributed by atoms with E-state index >= 15 is 0 Å². The quantitative estimate of drug-likeness (QED) is 0.795. The maximum Gasteiger partial charge on any atom is 0.251 e. The van der Waals surface area contributed by atoms with Gasteiger partial charge < -0.3 is 19.5 Å². The molecule has 2 aromatic carbocycles. The minimum absolute atomic E-state index is 0.0260. The van der Waals surface area contributed by atoms with E-state index in [1.165, 1.54) is 0 Å². The van der Waals surface area contributed by atoms with E-state index in [9.17, 15) is 4.79 Å². The molecule has 6 nitrogen and oxygen atoms in total. The van der Waals surface area contributed by atoms with Crippen LogP contribution in [-0.2, 0) is 4.74 Å². The summed E-state index contributed by atoms with van der Waals surface area (Å²) in [4.78, 5) is 14.9. The molecule has 2 aromatic rings. The molecule has 1 unspecified atom stereocenters. The zero-order valence-electron chi connectivity index (χ0n) is 16.7. The molecule has 1 atom stereocenters. The summed E-state index contributed by atoms with van der Waals surface area (Å²) in [6, 6.07) is 13.5. The highest BCUT2D eigenvalue weighted by Gasteiger charge is 2.24. The van der Waals surface area contributed by atoms with Gasteiger partial charge in [0, 0.05) is 25.2 Å². The smallest absolute Gasteiger partial charge is 0.251 e. The van der Waals surface area contributed by atoms with Crippen molar-refractivity contribution in [3.63, 3.8) is 0 Å². The Morgan fingerprint density at radius 1 is 1.07 bits per heavy atom. The van der Waals surface area contributed by atoms with Gasteiger partial charge in [-0.25, -0.2) is 0 Å². The lowest BCUT2D eigenvalue weighted by atomic mass is 10.0. The standard InChI is InChI=1S/C22H28N2O4/c1-16-4-6-17(7-5-16)22(25)23-15-19(24-10-12-28-13-11-24)18-8-9-20(26-2)21(14-18)27-3/h4-9,14,19H,10-13,15H2,1-3H3,(H,23,25). The first-order chi connectivity index (χ1) is 13.6. The molecule has 0 bridgehead atoms. The number of hydrogen-bond donors (Lipinski definition) is 1. The third kappa shape index (κ3) is 4.82. The summed E-state index contributed by atoms with van der Waals surface area (Å²) in [5, 5.41) is 3.09. The number of methoxy groups -OCH3 is 2. The van der Waals surface area contributed by atoms with Gasteiger partial charge in [-0.1, -0.05) is 23.8 Å². The molecular weight excluding hydrogens is 356 g/mol. The van der Waals surface area contributed by atoms with E-state index in [2.05, 4.69) is 10.2 Å². The minimum Gasteiger partial charge on any atom is -0.493 e. The molecule has 1 fully saturated rings. The molecule has 0 spiro atoms. The number of amides is 1. The van der Waals surface area contributed by atoms with Crippen molar-refractivity contribution in [1.29, 1.82) is 0 Å². The molecule has 1 heterocycles. The molecule has 3 rings (SSSR count). The normalized spacial score (nSPS) is 15.7. The van der Waals surface area contributed by atoms with Gasteiger partial charge in [0.1, 0.15) is 0 Å². The van der Waals surface area contributed by atoms with Crippen LogP contribution in [0.2, 0.25) is 0 Å². The summed E-state index contributed by atoms with van der Waals surface area (Å²) >= 11 is 0. The zero-order valence-corrected chi connectivity index (χ0v) is 16.7. The molecule has 1 aliphatic heterocycles. The summed E-state index contributed by atoms with van der Waals surface area (Å²) in [5.41, 5.74) is 2.87. The van der Waals surface area contributed by atoms with Crippen molar-refractivity contribution >= 4 is 5.91 Å². The van der Waals surface area contributed by atoms with Gasteiger partial charge in [0.15, 0.2) is 11.5 Å². The monoisotopic (exact) mass is 384 g/mol. The fourth-order valence-corrected chi connectivity index (χ4v) is 3.40. The van der Waals surface area contributed by atoms with Crippen molar-refractivity contribution in [1.82, 2.24) is 10.2 Å². The van der Waals surface area contributed by atoms with Crippen LogP contribution in [0.3, 0.4) is 0 Å². The number of nitrogens with one attached hydrogen (secondary N) is 1. The largest absolute Gasteiger partial charge is 0.493 e. The molecule has 1 amide bonds. The molecule has 1 aliphatic rings. The lowest BCUT2D eigenvalue weighted by Crippen LogP contribution is -2.43. The predicted octanol–water partition coefficient (Wildman–Crippen LogP) is 2.82. The zero-order chi connectivity index (χ0) is 19.9. The highest BCUT2D eigenvalue weighted by Crippen LogP contribution is 2.32. The number of rotatable bonds is 7. The summed E-state index contributed by atoms with van der Waals surface area (Å²) in [6.45, 7) is 5.53. The van der Waals surface area contributed by atoms with Crippen molar-refractivity contribution in [3.8, 4) is 11.5 Å². The second kappa shape index (κ2) is 9.57. The van der Waals surface area contributed by atoms with E-state index in [4.69, 9.17) is 14.2 Å². The van der Waals surface area contributed by atoms with Crippen LogP contribution in [0.5, 0.6) is 11.5 Å². The number of aryl methyl sites for hydroxylation is 1. The Labute approximate surface area is 166 Å². The van der Waals surface area contributed by atoms with Crippen molar-refractivity contribution in [2.45, 2.75) is 13.0 Å². The molecule has 0 aromatic heterocycles. The minimum atomic E-state index is -0.0706. The molecule has 6 heteroatoms.